The lowest BCUT2D eigenvalue weighted by molar-refractivity contribution is -0.140. The number of carbonyl (C=O) groups is 2. The van der Waals surface area contributed by atoms with Crippen LogP contribution in [-0.4, -0.2) is 72.9 Å². The largest absolute Gasteiger partial charge is 0.497 e. The molecule has 2 fully saturated rings. The molecular formula is C27H35N3O3. The van der Waals surface area contributed by atoms with Crippen LogP contribution in [0.2, 0.25) is 0 Å². The van der Waals surface area contributed by atoms with Crippen LogP contribution in [-0.2, 0) is 22.6 Å². The highest BCUT2D eigenvalue weighted by molar-refractivity contribution is 5.82. The number of piperidine rings is 1. The fraction of sp³-hybridized carbons (Fsp3) is 0.481. The molecule has 4 rings (SSSR count). The van der Waals surface area contributed by atoms with E-state index in [9.17, 15) is 9.59 Å². The van der Waals surface area contributed by atoms with Gasteiger partial charge in [-0.3, -0.25) is 14.5 Å². The molecule has 2 aromatic rings. The van der Waals surface area contributed by atoms with Gasteiger partial charge in [0.05, 0.1) is 19.4 Å². The summed E-state index contributed by atoms with van der Waals surface area (Å²) in [5.41, 5.74) is 2.29. The van der Waals surface area contributed by atoms with Gasteiger partial charge in [0.2, 0.25) is 11.8 Å². The normalized spacial score (nSPS) is 19.7. The molecule has 2 aliphatic rings. The predicted molar refractivity (Wildman–Crippen MR) is 129 cm³/mol. The van der Waals surface area contributed by atoms with E-state index in [0.29, 0.717) is 13.0 Å². The Morgan fingerprint density at radius 2 is 1.61 bits per heavy atom. The van der Waals surface area contributed by atoms with Crippen molar-refractivity contribution >= 4 is 11.8 Å². The summed E-state index contributed by atoms with van der Waals surface area (Å²) >= 11 is 0. The van der Waals surface area contributed by atoms with Crippen LogP contribution in [0.15, 0.2) is 54.6 Å². The average molecular weight is 450 g/mol. The second-order valence-corrected chi connectivity index (χ2v) is 9.14. The second-order valence-electron chi connectivity index (χ2n) is 9.14. The van der Waals surface area contributed by atoms with Gasteiger partial charge in [0, 0.05) is 45.8 Å². The van der Waals surface area contributed by atoms with Crippen molar-refractivity contribution in [1.29, 1.82) is 0 Å². The summed E-state index contributed by atoms with van der Waals surface area (Å²) in [6, 6.07) is 18.1. The van der Waals surface area contributed by atoms with Gasteiger partial charge < -0.3 is 14.5 Å². The van der Waals surface area contributed by atoms with Gasteiger partial charge in [-0.25, -0.2) is 0 Å². The number of nitrogens with zero attached hydrogens (tertiary/aromatic N) is 3. The van der Waals surface area contributed by atoms with E-state index in [1.165, 1.54) is 5.56 Å². The lowest BCUT2D eigenvalue weighted by atomic mass is 9.95. The van der Waals surface area contributed by atoms with E-state index in [4.69, 9.17) is 4.74 Å². The third-order valence-electron chi connectivity index (χ3n) is 6.79. The molecule has 2 aliphatic heterocycles. The van der Waals surface area contributed by atoms with Gasteiger partial charge in [-0.2, -0.15) is 0 Å². The Morgan fingerprint density at radius 1 is 0.848 bits per heavy atom. The molecule has 176 valence electrons. The first-order valence-electron chi connectivity index (χ1n) is 12.1. The van der Waals surface area contributed by atoms with Crippen LogP contribution in [0.4, 0.5) is 0 Å². The summed E-state index contributed by atoms with van der Waals surface area (Å²) in [7, 11) is 1.68. The Kier molecular flexibility index (Phi) is 8.00. The minimum Gasteiger partial charge on any atom is -0.497 e. The van der Waals surface area contributed by atoms with Crippen molar-refractivity contribution in [2.24, 2.45) is 5.92 Å². The average Bonchev–Trinajstić information content (AvgIpc) is 3.10. The van der Waals surface area contributed by atoms with E-state index in [0.717, 1.165) is 69.8 Å². The minimum atomic E-state index is -0.0772. The van der Waals surface area contributed by atoms with Crippen molar-refractivity contribution in [2.75, 3.05) is 46.4 Å². The highest BCUT2D eigenvalue weighted by Crippen LogP contribution is 2.21. The van der Waals surface area contributed by atoms with Crippen molar-refractivity contribution in [3.05, 3.63) is 65.7 Å². The topological polar surface area (TPSA) is 53.1 Å². The van der Waals surface area contributed by atoms with Crippen molar-refractivity contribution in [1.82, 2.24) is 14.7 Å². The van der Waals surface area contributed by atoms with Crippen LogP contribution in [0, 0.1) is 5.92 Å². The first-order chi connectivity index (χ1) is 16.1. The molecule has 6 heteroatoms. The van der Waals surface area contributed by atoms with Crippen LogP contribution in [0.25, 0.3) is 0 Å². The molecule has 2 heterocycles. The van der Waals surface area contributed by atoms with Crippen LogP contribution >= 0.6 is 0 Å². The van der Waals surface area contributed by atoms with Gasteiger partial charge in [0.15, 0.2) is 0 Å². The second kappa shape index (κ2) is 11.3. The molecule has 0 N–H and O–H groups in total. The maximum Gasteiger partial charge on any atom is 0.227 e. The van der Waals surface area contributed by atoms with E-state index in [2.05, 4.69) is 17.0 Å². The lowest BCUT2D eigenvalue weighted by Crippen LogP contribution is -2.47. The van der Waals surface area contributed by atoms with E-state index in [1.807, 2.05) is 52.3 Å². The van der Waals surface area contributed by atoms with Gasteiger partial charge in [-0.15, -0.1) is 0 Å². The summed E-state index contributed by atoms with van der Waals surface area (Å²) in [6.07, 6.45) is 3.16. The van der Waals surface area contributed by atoms with Gasteiger partial charge in [-0.1, -0.05) is 42.5 Å². The Labute approximate surface area is 197 Å². The molecule has 2 amide bonds. The van der Waals surface area contributed by atoms with Crippen LogP contribution < -0.4 is 4.74 Å². The summed E-state index contributed by atoms with van der Waals surface area (Å²) in [4.78, 5) is 32.5. The highest BCUT2D eigenvalue weighted by Gasteiger charge is 2.32. The van der Waals surface area contributed by atoms with Crippen LogP contribution in [0.3, 0.4) is 0 Å². The van der Waals surface area contributed by atoms with E-state index >= 15 is 0 Å². The van der Waals surface area contributed by atoms with Gasteiger partial charge in [0.25, 0.3) is 0 Å². The standard InChI is InChI=1S/C27H35N3O3/c1-33-25-12-10-23(11-13-25)20-28-14-6-16-29(18-17-28)27(32)24-9-5-15-30(21-24)26(31)19-22-7-3-2-4-8-22/h2-4,7-8,10-13,24H,5-6,9,14-21H2,1H3. The number of methoxy groups -OCH3 is 1. The van der Waals surface area contributed by atoms with Crippen molar-refractivity contribution < 1.29 is 14.3 Å². The summed E-state index contributed by atoms with van der Waals surface area (Å²) in [5, 5.41) is 0. The molecule has 1 unspecified atom stereocenters. The molecule has 2 saturated heterocycles. The fourth-order valence-corrected chi connectivity index (χ4v) is 4.88. The summed E-state index contributed by atoms with van der Waals surface area (Å²) < 4.78 is 5.25. The molecule has 33 heavy (non-hydrogen) atoms. The van der Waals surface area contributed by atoms with Crippen molar-refractivity contribution in [3.63, 3.8) is 0 Å². The first kappa shape index (κ1) is 23.3. The molecule has 2 aromatic carbocycles. The van der Waals surface area contributed by atoms with Crippen molar-refractivity contribution in [2.45, 2.75) is 32.2 Å². The Balaban J connectivity index is 1.28. The highest BCUT2D eigenvalue weighted by atomic mass is 16.5. The van der Waals surface area contributed by atoms with Gasteiger partial charge in [0.1, 0.15) is 5.75 Å². The zero-order valence-electron chi connectivity index (χ0n) is 19.6. The smallest absolute Gasteiger partial charge is 0.227 e. The van der Waals surface area contributed by atoms with Crippen molar-refractivity contribution in [3.8, 4) is 5.75 Å². The molecule has 0 saturated carbocycles. The number of benzene rings is 2. The zero-order valence-corrected chi connectivity index (χ0v) is 19.6. The van der Waals surface area contributed by atoms with E-state index < -0.39 is 0 Å². The SMILES string of the molecule is COc1ccc(CN2CCCN(C(=O)C3CCCN(C(=O)Cc4ccccc4)C3)CC2)cc1. The molecule has 1 atom stereocenters. The van der Waals surface area contributed by atoms with Crippen LogP contribution in [0.5, 0.6) is 5.75 Å². The Hall–Kier alpha value is -2.86. The van der Waals surface area contributed by atoms with Crippen LogP contribution in [0.1, 0.15) is 30.4 Å². The molecule has 0 spiro atoms. The number of carbonyl (C=O) groups excluding carboxylic acids is 2. The van der Waals surface area contributed by atoms with Gasteiger partial charge >= 0.3 is 0 Å². The number of amides is 2. The zero-order chi connectivity index (χ0) is 23.0. The molecule has 6 nitrogen and oxygen atoms in total. The number of rotatable bonds is 6. The molecule has 0 radical (unpaired) electrons. The fourth-order valence-electron chi connectivity index (χ4n) is 4.88. The molecular weight excluding hydrogens is 414 g/mol. The lowest BCUT2D eigenvalue weighted by Gasteiger charge is -2.35. The number of hydrogen-bond donors (Lipinski definition) is 0. The number of hydrogen-bond acceptors (Lipinski definition) is 4. The quantitative estimate of drug-likeness (QED) is 0.680. The minimum absolute atomic E-state index is 0.0772. The monoisotopic (exact) mass is 449 g/mol. The Morgan fingerprint density at radius 3 is 2.36 bits per heavy atom. The predicted octanol–water partition coefficient (Wildman–Crippen LogP) is 3.21. The maximum atomic E-state index is 13.3. The Bertz CT molecular complexity index is 916. The molecule has 0 aromatic heterocycles. The summed E-state index contributed by atoms with van der Waals surface area (Å²) in [5.74, 6) is 1.14. The maximum absolute atomic E-state index is 13.3. The van der Waals surface area contributed by atoms with E-state index in [-0.39, 0.29) is 17.7 Å². The molecule has 0 bridgehead atoms. The third kappa shape index (κ3) is 6.35. The first-order valence-corrected chi connectivity index (χ1v) is 12.1. The van der Waals surface area contributed by atoms with Gasteiger partial charge in [-0.05, 0) is 42.5 Å². The number of ether oxygens (including phenoxy) is 1. The van der Waals surface area contributed by atoms with E-state index in [1.54, 1.807) is 7.11 Å². The molecule has 0 aliphatic carbocycles. The third-order valence-corrected chi connectivity index (χ3v) is 6.79. The number of likely N-dealkylation sites (tertiary alicyclic amines) is 1. The summed E-state index contributed by atoms with van der Waals surface area (Å²) in [6.45, 7) is 5.61.